The number of para-hydroxylation sites is 1. The summed E-state index contributed by atoms with van der Waals surface area (Å²) in [5, 5.41) is 7.04. The Kier molecular flexibility index (Phi) is 5.52. The molecule has 0 radical (unpaired) electrons. The monoisotopic (exact) mass is 455 g/mol. The molecule has 0 aliphatic heterocycles. The summed E-state index contributed by atoms with van der Waals surface area (Å²) in [5.74, 6) is -0.288. The van der Waals surface area contributed by atoms with E-state index in [4.69, 9.17) is 0 Å². The Labute approximate surface area is 186 Å². The van der Waals surface area contributed by atoms with Gasteiger partial charge in [0.15, 0.2) is 5.65 Å². The fourth-order valence-electron chi connectivity index (χ4n) is 3.58. The van der Waals surface area contributed by atoms with Crippen LogP contribution in [0.1, 0.15) is 22.4 Å². The standard InChI is InChI=1S/C23H20F3N5O2/c1-13-5-4-6-14(2)20(13)28-19(32)12-30-22(33)31-18(29-30)11-15(3)27-21(31)16-7-9-17(10-8-16)23(24,25)26/h4-11H,12H2,1-3H3,(H,28,32). The lowest BCUT2D eigenvalue weighted by atomic mass is 10.1. The van der Waals surface area contributed by atoms with Gasteiger partial charge in [-0.05, 0) is 44.0 Å². The van der Waals surface area contributed by atoms with Crippen molar-refractivity contribution in [3.8, 4) is 11.4 Å². The highest BCUT2D eigenvalue weighted by Crippen LogP contribution is 2.30. The minimum Gasteiger partial charge on any atom is -0.324 e. The fourth-order valence-corrected chi connectivity index (χ4v) is 3.58. The molecule has 1 N–H and O–H groups in total. The van der Waals surface area contributed by atoms with E-state index in [0.29, 0.717) is 16.9 Å². The number of aromatic nitrogens is 4. The van der Waals surface area contributed by atoms with Gasteiger partial charge < -0.3 is 5.32 Å². The number of alkyl halides is 3. The quantitative estimate of drug-likeness (QED) is 0.502. The van der Waals surface area contributed by atoms with E-state index in [1.807, 2.05) is 32.0 Å². The molecular weight excluding hydrogens is 435 g/mol. The second-order valence-corrected chi connectivity index (χ2v) is 7.75. The van der Waals surface area contributed by atoms with Gasteiger partial charge in [-0.2, -0.15) is 13.2 Å². The predicted octanol–water partition coefficient (Wildman–Crippen LogP) is 4.14. The fraction of sp³-hybridized carbons (Fsp3) is 0.217. The Hall–Kier alpha value is -3.95. The molecule has 0 unspecified atom stereocenters. The van der Waals surface area contributed by atoms with Crippen molar-refractivity contribution < 1.29 is 18.0 Å². The zero-order valence-corrected chi connectivity index (χ0v) is 18.1. The average Bonchev–Trinajstić information content (AvgIpc) is 3.04. The molecule has 7 nitrogen and oxygen atoms in total. The minimum atomic E-state index is -4.47. The minimum absolute atomic E-state index is 0.144. The molecule has 0 bridgehead atoms. The Morgan fingerprint density at radius 3 is 2.27 bits per heavy atom. The lowest BCUT2D eigenvalue weighted by Gasteiger charge is -2.11. The number of benzene rings is 2. The molecule has 10 heteroatoms. The molecule has 0 saturated carbocycles. The first kappa shape index (κ1) is 22.3. The summed E-state index contributed by atoms with van der Waals surface area (Å²) < 4.78 is 40.9. The van der Waals surface area contributed by atoms with Gasteiger partial charge in [0.25, 0.3) is 0 Å². The van der Waals surface area contributed by atoms with Crippen LogP contribution in [0.15, 0.2) is 53.3 Å². The maximum Gasteiger partial charge on any atom is 0.416 e. The van der Waals surface area contributed by atoms with Crippen LogP contribution in [0, 0.1) is 20.8 Å². The van der Waals surface area contributed by atoms with E-state index in [-0.39, 0.29) is 18.0 Å². The van der Waals surface area contributed by atoms with Gasteiger partial charge in [-0.15, -0.1) is 5.10 Å². The van der Waals surface area contributed by atoms with Crippen LogP contribution in [-0.4, -0.2) is 25.1 Å². The number of fused-ring (bicyclic) bond motifs is 1. The highest BCUT2D eigenvalue weighted by molar-refractivity contribution is 5.92. The predicted molar refractivity (Wildman–Crippen MR) is 117 cm³/mol. The highest BCUT2D eigenvalue weighted by Gasteiger charge is 2.30. The number of carbonyl (C=O) groups is 1. The molecule has 2 aromatic heterocycles. The van der Waals surface area contributed by atoms with Gasteiger partial charge >= 0.3 is 11.9 Å². The Bertz CT molecular complexity index is 1400. The zero-order valence-electron chi connectivity index (χ0n) is 18.1. The average molecular weight is 455 g/mol. The smallest absolute Gasteiger partial charge is 0.324 e. The molecule has 0 aliphatic carbocycles. The first-order chi connectivity index (χ1) is 15.5. The molecule has 4 rings (SSSR count). The number of nitrogens with one attached hydrogen (secondary N) is 1. The van der Waals surface area contributed by atoms with E-state index in [2.05, 4.69) is 15.4 Å². The summed E-state index contributed by atoms with van der Waals surface area (Å²) in [4.78, 5) is 30.0. The van der Waals surface area contributed by atoms with E-state index >= 15 is 0 Å². The Morgan fingerprint density at radius 1 is 1.03 bits per heavy atom. The molecular formula is C23H20F3N5O2. The lowest BCUT2D eigenvalue weighted by Crippen LogP contribution is -2.29. The van der Waals surface area contributed by atoms with Crippen LogP contribution in [0.2, 0.25) is 0 Å². The van der Waals surface area contributed by atoms with Gasteiger partial charge in [0.1, 0.15) is 12.4 Å². The molecule has 170 valence electrons. The van der Waals surface area contributed by atoms with Crippen molar-refractivity contribution in [2.75, 3.05) is 5.32 Å². The number of hydrogen-bond donors (Lipinski definition) is 1. The van der Waals surface area contributed by atoms with Gasteiger partial charge in [-0.1, -0.05) is 30.3 Å². The third-order valence-electron chi connectivity index (χ3n) is 5.21. The van der Waals surface area contributed by atoms with Crippen LogP contribution in [0.4, 0.5) is 18.9 Å². The largest absolute Gasteiger partial charge is 0.416 e. The van der Waals surface area contributed by atoms with Crippen molar-refractivity contribution in [2.24, 2.45) is 0 Å². The molecule has 0 saturated heterocycles. The summed E-state index contributed by atoms with van der Waals surface area (Å²) in [7, 11) is 0. The van der Waals surface area contributed by atoms with E-state index < -0.39 is 23.3 Å². The van der Waals surface area contributed by atoms with Crippen molar-refractivity contribution in [3.63, 3.8) is 0 Å². The number of anilines is 1. The van der Waals surface area contributed by atoms with Gasteiger partial charge in [-0.25, -0.2) is 18.9 Å². The first-order valence-corrected chi connectivity index (χ1v) is 10.1. The first-order valence-electron chi connectivity index (χ1n) is 10.1. The molecule has 4 aromatic rings. The van der Waals surface area contributed by atoms with Crippen molar-refractivity contribution in [3.05, 3.63) is 81.4 Å². The Morgan fingerprint density at radius 2 is 1.67 bits per heavy atom. The van der Waals surface area contributed by atoms with Crippen LogP contribution in [0.5, 0.6) is 0 Å². The second-order valence-electron chi connectivity index (χ2n) is 7.75. The molecule has 0 fully saturated rings. The maximum atomic E-state index is 13.0. The van der Waals surface area contributed by atoms with Crippen molar-refractivity contribution >= 4 is 17.2 Å². The van der Waals surface area contributed by atoms with Crippen LogP contribution >= 0.6 is 0 Å². The molecule has 2 aromatic carbocycles. The highest BCUT2D eigenvalue weighted by atomic mass is 19.4. The van der Waals surface area contributed by atoms with Gasteiger partial charge in [0, 0.05) is 23.0 Å². The van der Waals surface area contributed by atoms with Gasteiger partial charge in [-0.3, -0.25) is 4.79 Å². The summed E-state index contributed by atoms with van der Waals surface area (Å²) in [5.41, 5.74) is 2.09. The lowest BCUT2D eigenvalue weighted by molar-refractivity contribution is -0.137. The molecule has 2 heterocycles. The van der Waals surface area contributed by atoms with Crippen LogP contribution in [-0.2, 0) is 17.5 Å². The van der Waals surface area contributed by atoms with Crippen LogP contribution < -0.4 is 11.0 Å². The number of rotatable bonds is 4. The third-order valence-corrected chi connectivity index (χ3v) is 5.21. The second kappa shape index (κ2) is 8.19. The molecule has 0 spiro atoms. The van der Waals surface area contributed by atoms with Crippen molar-refractivity contribution in [1.82, 2.24) is 19.2 Å². The molecule has 0 aliphatic rings. The number of carbonyl (C=O) groups excluding carboxylic acids is 1. The number of aryl methyl sites for hydroxylation is 3. The normalized spacial score (nSPS) is 11.7. The third kappa shape index (κ3) is 4.36. The van der Waals surface area contributed by atoms with Crippen LogP contribution in [0.3, 0.4) is 0 Å². The maximum absolute atomic E-state index is 13.0. The zero-order chi connectivity index (χ0) is 23.9. The molecule has 1 amide bonds. The molecule has 33 heavy (non-hydrogen) atoms. The summed E-state index contributed by atoms with van der Waals surface area (Å²) in [6.07, 6.45) is -4.47. The number of halogens is 3. The topological polar surface area (TPSA) is 81.3 Å². The van der Waals surface area contributed by atoms with E-state index in [9.17, 15) is 22.8 Å². The van der Waals surface area contributed by atoms with Crippen molar-refractivity contribution in [1.29, 1.82) is 0 Å². The Balaban J connectivity index is 1.71. The van der Waals surface area contributed by atoms with Gasteiger partial charge in [0.2, 0.25) is 5.91 Å². The van der Waals surface area contributed by atoms with E-state index in [1.165, 1.54) is 16.5 Å². The summed E-state index contributed by atoms with van der Waals surface area (Å²) in [6, 6.07) is 11.5. The van der Waals surface area contributed by atoms with Crippen LogP contribution in [0.25, 0.3) is 17.0 Å². The summed E-state index contributed by atoms with van der Waals surface area (Å²) >= 11 is 0. The SMILES string of the molecule is Cc1cc2nn(CC(=O)Nc3c(C)cccc3C)c(=O)n2c(-c2ccc(C(F)(F)F)cc2)n1. The van der Waals surface area contributed by atoms with Crippen molar-refractivity contribution in [2.45, 2.75) is 33.5 Å². The number of amides is 1. The van der Waals surface area contributed by atoms with E-state index in [1.54, 1.807) is 13.0 Å². The number of hydrogen-bond acceptors (Lipinski definition) is 4. The van der Waals surface area contributed by atoms with E-state index in [0.717, 1.165) is 27.9 Å². The summed E-state index contributed by atoms with van der Waals surface area (Å²) in [6.45, 7) is 5.08. The number of nitrogens with zero attached hydrogens (tertiary/aromatic N) is 4. The van der Waals surface area contributed by atoms with Gasteiger partial charge in [0.05, 0.1) is 5.56 Å². The molecule has 0 atom stereocenters.